The zero-order chi connectivity index (χ0) is 29.7. The Morgan fingerprint density at radius 2 is 0.844 bits per heavy atom. The van der Waals surface area contributed by atoms with Crippen LogP contribution < -0.4 is 0 Å². The van der Waals surface area contributed by atoms with Crippen LogP contribution in [0.1, 0.15) is 0 Å². The number of nitrogens with zero attached hydrogens (tertiary/aromatic N) is 3. The monoisotopic (exact) mass is 573 g/mol. The van der Waals surface area contributed by atoms with Crippen LogP contribution in [0.15, 0.2) is 164 Å². The number of rotatable bonds is 4. The lowest BCUT2D eigenvalue weighted by Crippen LogP contribution is -1.97. The standard InChI is InChI=1S/C42H27N3/c1-3-13-30(14-4-1)36-27-37(44-42(43-36)32-15-5-2-6-16-32)31-19-23-33(24-20-31)45-38-25-21-28-11-7-9-17-34(28)40(38)41-35-18-10-8-12-29(35)22-26-39(41)45/h1-27H. The molecule has 2 heterocycles. The van der Waals surface area contributed by atoms with Crippen molar-refractivity contribution in [2.75, 3.05) is 0 Å². The van der Waals surface area contributed by atoms with Gasteiger partial charge in [0.25, 0.3) is 0 Å². The molecule has 2 aromatic heterocycles. The van der Waals surface area contributed by atoms with Crippen molar-refractivity contribution in [3.63, 3.8) is 0 Å². The first-order valence-electron chi connectivity index (χ1n) is 15.3. The topological polar surface area (TPSA) is 30.7 Å². The van der Waals surface area contributed by atoms with E-state index in [-0.39, 0.29) is 0 Å². The van der Waals surface area contributed by atoms with Gasteiger partial charge in [0.05, 0.1) is 22.4 Å². The molecule has 3 heteroatoms. The van der Waals surface area contributed by atoms with E-state index in [1.807, 2.05) is 36.4 Å². The Morgan fingerprint density at radius 3 is 1.40 bits per heavy atom. The zero-order valence-corrected chi connectivity index (χ0v) is 24.4. The predicted molar refractivity (Wildman–Crippen MR) is 188 cm³/mol. The van der Waals surface area contributed by atoms with Gasteiger partial charge in [-0.3, -0.25) is 0 Å². The highest BCUT2D eigenvalue weighted by molar-refractivity contribution is 6.28. The minimum atomic E-state index is 0.720. The van der Waals surface area contributed by atoms with Crippen molar-refractivity contribution in [2.45, 2.75) is 0 Å². The lowest BCUT2D eigenvalue weighted by Gasteiger charge is -2.12. The summed E-state index contributed by atoms with van der Waals surface area (Å²) in [4.78, 5) is 10.0. The average molecular weight is 574 g/mol. The Balaban J connectivity index is 1.24. The number of hydrogen-bond donors (Lipinski definition) is 0. The first-order chi connectivity index (χ1) is 22.3. The van der Waals surface area contributed by atoms with Crippen molar-refractivity contribution >= 4 is 43.4 Å². The maximum absolute atomic E-state index is 5.04. The van der Waals surface area contributed by atoms with E-state index in [4.69, 9.17) is 9.97 Å². The van der Waals surface area contributed by atoms with Crippen LogP contribution in [0.25, 0.3) is 82.9 Å². The first-order valence-corrected chi connectivity index (χ1v) is 15.3. The molecule has 0 N–H and O–H groups in total. The van der Waals surface area contributed by atoms with Gasteiger partial charge in [-0.2, -0.15) is 0 Å². The second-order valence-corrected chi connectivity index (χ2v) is 11.4. The van der Waals surface area contributed by atoms with E-state index in [2.05, 4.69) is 132 Å². The van der Waals surface area contributed by atoms with Crippen LogP contribution in [0, 0.1) is 0 Å². The van der Waals surface area contributed by atoms with Crippen molar-refractivity contribution in [3.05, 3.63) is 164 Å². The van der Waals surface area contributed by atoms with Gasteiger partial charge in [-0.15, -0.1) is 0 Å². The molecule has 0 spiro atoms. The summed E-state index contributed by atoms with van der Waals surface area (Å²) in [5, 5.41) is 7.63. The molecule has 0 radical (unpaired) electrons. The Morgan fingerprint density at radius 1 is 0.378 bits per heavy atom. The molecule has 0 fully saturated rings. The molecule has 9 rings (SSSR count). The normalized spacial score (nSPS) is 11.6. The third kappa shape index (κ3) is 4.21. The molecule has 0 unspecified atom stereocenters. The number of aromatic nitrogens is 3. The fourth-order valence-electron chi connectivity index (χ4n) is 6.68. The smallest absolute Gasteiger partial charge is 0.160 e. The highest BCUT2D eigenvalue weighted by Crippen LogP contribution is 2.40. The minimum absolute atomic E-state index is 0.720. The zero-order valence-electron chi connectivity index (χ0n) is 24.4. The second-order valence-electron chi connectivity index (χ2n) is 11.4. The van der Waals surface area contributed by atoms with Crippen LogP contribution >= 0.6 is 0 Å². The molecule has 9 aromatic rings. The van der Waals surface area contributed by atoms with Crippen molar-refractivity contribution in [2.24, 2.45) is 0 Å². The summed E-state index contributed by atoms with van der Waals surface area (Å²) in [7, 11) is 0. The van der Waals surface area contributed by atoms with Crippen molar-refractivity contribution in [1.82, 2.24) is 14.5 Å². The highest BCUT2D eigenvalue weighted by atomic mass is 15.0. The van der Waals surface area contributed by atoms with Gasteiger partial charge in [-0.05, 0) is 51.9 Å². The van der Waals surface area contributed by atoms with Gasteiger partial charge in [0.1, 0.15) is 0 Å². The molecule has 0 saturated heterocycles. The summed E-state index contributed by atoms with van der Waals surface area (Å²) in [6.07, 6.45) is 0. The van der Waals surface area contributed by atoms with Crippen molar-refractivity contribution < 1.29 is 0 Å². The highest BCUT2D eigenvalue weighted by Gasteiger charge is 2.17. The van der Waals surface area contributed by atoms with Gasteiger partial charge < -0.3 is 4.57 Å². The van der Waals surface area contributed by atoms with Gasteiger partial charge in [0.15, 0.2) is 5.82 Å². The molecular weight excluding hydrogens is 546 g/mol. The van der Waals surface area contributed by atoms with Gasteiger partial charge >= 0.3 is 0 Å². The number of fused-ring (bicyclic) bond motifs is 7. The van der Waals surface area contributed by atoms with Crippen LogP contribution in [-0.2, 0) is 0 Å². The van der Waals surface area contributed by atoms with Gasteiger partial charge in [0.2, 0.25) is 0 Å². The van der Waals surface area contributed by atoms with Gasteiger partial charge in [0, 0.05) is 33.2 Å². The van der Waals surface area contributed by atoms with E-state index >= 15 is 0 Å². The van der Waals surface area contributed by atoms with E-state index in [1.165, 1.54) is 43.4 Å². The van der Waals surface area contributed by atoms with E-state index in [1.54, 1.807) is 0 Å². The molecule has 0 aliphatic carbocycles. The molecule has 0 amide bonds. The lowest BCUT2D eigenvalue weighted by atomic mass is 10.00. The molecule has 7 aromatic carbocycles. The molecular formula is C42H27N3. The van der Waals surface area contributed by atoms with Crippen LogP contribution in [-0.4, -0.2) is 14.5 Å². The molecule has 0 aliphatic rings. The predicted octanol–water partition coefficient (Wildman–Crippen LogP) is 10.9. The minimum Gasteiger partial charge on any atom is -0.309 e. The van der Waals surface area contributed by atoms with Crippen molar-refractivity contribution in [1.29, 1.82) is 0 Å². The Labute approximate surface area is 260 Å². The van der Waals surface area contributed by atoms with Gasteiger partial charge in [-0.1, -0.05) is 133 Å². The maximum Gasteiger partial charge on any atom is 0.160 e. The van der Waals surface area contributed by atoms with E-state index in [0.29, 0.717) is 0 Å². The summed E-state index contributed by atoms with van der Waals surface area (Å²) in [6, 6.07) is 57.8. The Hall–Kier alpha value is -6.06. The quantitative estimate of drug-likeness (QED) is 0.210. The summed E-state index contributed by atoms with van der Waals surface area (Å²) < 4.78 is 2.40. The molecule has 0 aliphatic heterocycles. The van der Waals surface area contributed by atoms with Crippen LogP contribution in [0.2, 0.25) is 0 Å². The maximum atomic E-state index is 5.04. The van der Waals surface area contributed by atoms with Crippen molar-refractivity contribution in [3.8, 4) is 39.6 Å². The van der Waals surface area contributed by atoms with Crippen LogP contribution in [0.5, 0.6) is 0 Å². The first kappa shape index (κ1) is 25.4. The van der Waals surface area contributed by atoms with E-state index < -0.39 is 0 Å². The Bertz CT molecular complexity index is 2360. The lowest BCUT2D eigenvalue weighted by molar-refractivity contribution is 1.17. The number of benzene rings is 7. The third-order valence-corrected chi connectivity index (χ3v) is 8.79. The molecule has 0 atom stereocenters. The SMILES string of the molecule is c1ccc(-c2cc(-c3ccc(-n4c5ccc6ccccc6c5c5c6ccccc6ccc54)cc3)nc(-c3ccccc3)n2)cc1. The fraction of sp³-hybridized carbons (Fsp3) is 0. The summed E-state index contributed by atoms with van der Waals surface area (Å²) in [5.41, 5.74) is 8.44. The van der Waals surface area contributed by atoms with Crippen LogP contribution in [0.4, 0.5) is 0 Å². The van der Waals surface area contributed by atoms with E-state index in [9.17, 15) is 0 Å². The molecule has 210 valence electrons. The molecule has 3 nitrogen and oxygen atoms in total. The summed E-state index contributed by atoms with van der Waals surface area (Å²) in [5.74, 6) is 0.720. The average Bonchev–Trinajstić information content (AvgIpc) is 3.48. The molecule has 45 heavy (non-hydrogen) atoms. The van der Waals surface area contributed by atoms with E-state index in [0.717, 1.165) is 39.6 Å². The molecule has 0 bridgehead atoms. The third-order valence-electron chi connectivity index (χ3n) is 8.79. The fourth-order valence-corrected chi connectivity index (χ4v) is 6.68. The number of hydrogen-bond acceptors (Lipinski definition) is 2. The second kappa shape index (κ2) is 10.3. The Kier molecular flexibility index (Phi) is 5.82. The molecule has 0 saturated carbocycles. The summed E-state index contributed by atoms with van der Waals surface area (Å²) >= 11 is 0. The largest absolute Gasteiger partial charge is 0.309 e. The van der Waals surface area contributed by atoms with Gasteiger partial charge in [-0.25, -0.2) is 9.97 Å². The van der Waals surface area contributed by atoms with Crippen LogP contribution in [0.3, 0.4) is 0 Å². The summed E-state index contributed by atoms with van der Waals surface area (Å²) in [6.45, 7) is 0.